The maximum absolute atomic E-state index is 5.72. The molecule has 0 radical (unpaired) electrons. The molecule has 2 aromatic heterocycles. The minimum absolute atomic E-state index is 0.328. The quantitative estimate of drug-likeness (QED) is 0.400. The summed E-state index contributed by atoms with van der Waals surface area (Å²) in [5, 5.41) is 13.7. The maximum atomic E-state index is 5.72. The van der Waals surface area contributed by atoms with Crippen LogP contribution in [-0.2, 0) is 0 Å². The molecule has 0 aliphatic rings. The van der Waals surface area contributed by atoms with Crippen molar-refractivity contribution in [3.05, 3.63) is 53.6 Å². The molecule has 7 heteroatoms. The number of aromatic amines is 1. The van der Waals surface area contributed by atoms with Crippen LogP contribution >= 0.6 is 0 Å². The highest BCUT2D eigenvalue weighted by atomic mass is 16.5. The van der Waals surface area contributed by atoms with E-state index < -0.39 is 0 Å². The summed E-state index contributed by atoms with van der Waals surface area (Å²) in [7, 11) is 0. The van der Waals surface area contributed by atoms with Crippen molar-refractivity contribution in [3.8, 4) is 5.75 Å². The van der Waals surface area contributed by atoms with Crippen LogP contribution in [0, 0.1) is 6.92 Å². The molecule has 0 spiro atoms. The Balaban J connectivity index is 1.56. The van der Waals surface area contributed by atoms with Gasteiger partial charge in [0.05, 0.1) is 12.8 Å². The summed E-state index contributed by atoms with van der Waals surface area (Å²) < 4.78 is 5.72. The zero-order valence-corrected chi connectivity index (χ0v) is 15.2. The Morgan fingerprint density at radius 2 is 2.07 bits per heavy atom. The minimum atomic E-state index is 0.328. The molecule has 136 valence electrons. The molecule has 2 N–H and O–H groups in total. The van der Waals surface area contributed by atoms with E-state index in [1.54, 1.807) is 6.21 Å². The van der Waals surface area contributed by atoms with Gasteiger partial charge in [0.15, 0.2) is 5.65 Å². The first-order chi connectivity index (χ1) is 13.2. The number of nitrogens with one attached hydrogen (secondary N) is 2. The molecule has 7 nitrogen and oxygen atoms in total. The Bertz CT molecular complexity index is 1120. The summed E-state index contributed by atoms with van der Waals surface area (Å²) in [4.78, 5) is 7.72. The maximum Gasteiger partial charge on any atom is 0.265 e. The van der Waals surface area contributed by atoms with Crippen molar-refractivity contribution in [1.29, 1.82) is 0 Å². The number of hydrogen-bond donors (Lipinski definition) is 2. The van der Waals surface area contributed by atoms with E-state index in [4.69, 9.17) is 4.74 Å². The fourth-order valence-corrected chi connectivity index (χ4v) is 2.82. The van der Waals surface area contributed by atoms with E-state index in [9.17, 15) is 0 Å². The van der Waals surface area contributed by atoms with Gasteiger partial charge in [0.1, 0.15) is 11.3 Å². The third-order valence-corrected chi connectivity index (χ3v) is 4.12. The van der Waals surface area contributed by atoms with Crippen LogP contribution in [0.5, 0.6) is 5.75 Å². The van der Waals surface area contributed by atoms with Crippen LogP contribution in [0.1, 0.15) is 24.5 Å². The van der Waals surface area contributed by atoms with Gasteiger partial charge in [-0.2, -0.15) is 10.1 Å². The van der Waals surface area contributed by atoms with Crippen LogP contribution in [0.25, 0.3) is 22.1 Å². The molecular weight excluding hydrogens is 340 g/mol. The van der Waals surface area contributed by atoms with Crippen molar-refractivity contribution in [2.45, 2.75) is 20.3 Å². The number of rotatable bonds is 6. The second-order valence-electron chi connectivity index (χ2n) is 6.26. The van der Waals surface area contributed by atoms with Crippen molar-refractivity contribution < 1.29 is 4.74 Å². The second kappa shape index (κ2) is 7.41. The predicted molar refractivity (Wildman–Crippen MR) is 107 cm³/mol. The van der Waals surface area contributed by atoms with Gasteiger partial charge in [-0.05, 0) is 37.6 Å². The number of benzene rings is 2. The van der Waals surface area contributed by atoms with Gasteiger partial charge in [-0.3, -0.25) is 0 Å². The van der Waals surface area contributed by atoms with E-state index in [0.29, 0.717) is 18.2 Å². The summed E-state index contributed by atoms with van der Waals surface area (Å²) in [5.41, 5.74) is 7.30. The summed E-state index contributed by atoms with van der Waals surface area (Å²) in [6.45, 7) is 4.79. The Hall–Kier alpha value is -3.48. The van der Waals surface area contributed by atoms with E-state index in [1.165, 1.54) is 5.56 Å². The first-order valence-corrected chi connectivity index (χ1v) is 8.88. The average Bonchev–Trinajstić information content (AvgIpc) is 3.04. The third kappa shape index (κ3) is 3.57. The molecule has 0 fully saturated rings. The largest absolute Gasteiger partial charge is 0.493 e. The molecule has 0 bridgehead atoms. The molecule has 0 unspecified atom stereocenters. The zero-order valence-electron chi connectivity index (χ0n) is 15.2. The van der Waals surface area contributed by atoms with Gasteiger partial charge in [-0.15, -0.1) is 10.2 Å². The fraction of sp³-hybridized carbons (Fsp3) is 0.200. The van der Waals surface area contributed by atoms with E-state index >= 15 is 0 Å². The van der Waals surface area contributed by atoms with E-state index in [2.05, 4.69) is 43.7 Å². The normalized spacial score (nSPS) is 11.5. The number of hydrazone groups is 1. The molecule has 0 aliphatic carbocycles. The number of fused-ring (bicyclic) bond motifs is 3. The molecule has 0 aliphatic heterocycles. The van der Waals surface area contributed by atoms with Gasteiger partial charge < -0.3 is 9.72 Å². The first-order valence-electron chi connectivity index (χ1n) is 8.88. The summed E-state index contributed by atoms with van der Waals surface area (Å²) >= 11 is 0. The molecule has 0 atom stereocenters. The number of H-pyrrole nitrogens is 1. The number of aromatic nitrogens is 4. The molecule has 0 amide bonds. The van der Waals surface area contributed by atoms with Crippen molar-refractivity contribution in [2.24, 2.45) is 5.10 Å². The highest BCUT2D eigenvalue weighted by molar-refractivity contribution is 6.03. The molecular formula is C20H20N6O. The lowest BCUT2D eigenvalue weighted by Crippen LogP contribution is -2.01. The zero-order chi connectivity index (χ0) is 18.6. The van der Waals surface area contributed by atoms with Gasteiger partial charge in [0, 0.05) is 16.5 Å². The van der Waals surface area contributed by atoms with Crippen LogP contribution in [0.2, 0.25) is 0 Å². The van der Waals surface area contributed by atoms with Gasteiger partial charge >= 0.3 is 0 Å². The van der Waals surface area contributed by atoms with E-state index in [0.717, 1.165) is 34.2 Å². The third-order valence-electron chi connectivity index (χ3n) is 4.12. The smallest absolute Gasteiger partial charge is 0.265 e. The van der Waals surface area contributed by atoms with Crippen molar-refractivity contribution >= 4 is 34.2 Å². The molecule has 4 aromatic rings. The standard InChI is InChI=1S/C20H20N6O/c1-3-10-27-17-7-5-4-6-14(17)12-21-25-20-23-19-18(24-26-20)15-11-13(2)8-9-16(15)22-19/h4-9,11-12H,3,10H2,1-2H3,(H2,22,23,25,26). The Morgan fingerprint density at radius 1 is 1.19 bits per heavy atom. The van der Waals surface area contributed by atoms with E-state index in [1.807, 2.05) is 43.3 Å². The van der Waals surface area contributed by atoms with Crippen LogP contribution in [0.15, 0.2) is 47.6 Å². The Morgan fingerprint density at radius 3 is 2.96 bits per heavy atom. The molecule has 2 heterocycles. The topological polar surface area (TPSA) is 88.1 Å². The van der Waals surface area contributed by atoms with Crippen molar-refractivity contribution in [1.82, 2.24) is 20.2 Å². The Kier molecular flexibility index (Phi) is 4.65. The van der Waals surface area contributed by atoms with Crippen LogP contribution < -0.4 is 10.2 Å². The van der Waals surface area contributed by atoms with Gasteiger partial charge in [-0.25, -0.2) is 5.43 Å². The molecule has 4 rings (SSSR count). The molecule has 27 heavy (non-hydrogen) atoms. The minimum Gasteiger partial charge on any atom is -0.493 e. The van der Waals surface area contributed by atoms with Crippen LogP contribution in [0.3, 0.4) is 0 Å². The van der Waals surface area contributed by atoms with Crippen LogP contribution in [-0.4, -0.2) is 33.0 Å². The highest BCUT2D eigenvalue weighted by Gasteiger charge is 2.09. The summed E-state index contributed by atoms with van der Waals surface area (Å²) in [6.07, 6.45) is 2.64. The number of ether oxygens (including phenoxy) is 1. The summed E-state index contributed by atoms with van der Waals surface area (Å²) in [6, 6.07) is 13.9. The van der Waals surface area contributed by atoms with Crippen molar-refractivity contribution in [2.75, 3.05) is 12.0 Å². The number of anilines is 1. The lowest BCUT2D eigenvalue weighted by Gasteiger charge is -2.07. The molecule has 2 aromatic carbocycles. The fourth-order valence-electron chi connectivity index (χ4n) is 2.82. The van der Waals surface area contributed by atoms with Crippen LogP contribution in [0.4, 0.5) is 5.95 Å². The predicted octanol–water partition coefficient (Wildman–Crippen LogP) is 4.05. The van der Waals surface area contributed by atoms with E-state index in [-0.39, 0.29) is 0 Å². The monoisotopic (exact) mass is 360 g/mol. The lowest BCUT2D eigenvalue weighted by atomic mass is 10.2. The number of aryl methyl sites for hydroxylation is 1. The second-order valence-corrected chi connectivity index (χ2v) is 6.26. The van der Waals surface area contributed by atoms with Gasteiger partial charge in [0.2, 0.25) is 0 Å². The number of hydrogen-bond acceptors (Lipinski definition) is 6. The average molecular weight is 360 g/mol. The number of para-hydroxylation sites is 1. The molecule has 0 saturated carbocycles. The van der Waals surface area contributed by atoms with Crippen molar-refractivity contribution in [3.63, 3.8) is 0 Å². The van der Waals surface area contributed by atoms with Gasteiger partial charge in [0.25, 0.3) is 5.95 Å². The van der Waals surface area contributed by atoms with Gasteiger partial charge in [-0.1, -0.05) is 30.7 Å². The SMILES string of the molecule is CCCOc1ccccc1C=NNc1nnc2c(n1)[nH]c1ccc(C)cc12. The summed E-state index contributed by atoms with van der Waals surface area (Å²) in [5.74, 6) is 1.12. The Labute approximate surface area is 156 Å². The lowest BCUT2D eigenvalue weighted by molar-refractivity contribution is 0.317. The number of nitrogens with zero attached hydrogens (tertiary/aromatic N) is 4. The first kappa shape index (κ1) is 17.0. The molecule has 0 saturated heterocycles. The highest BCUT2D eigenvalue weighted by Crippen LogP contribution is 2.23.